The number of carbonyl (C=O) groups excluding carboxylic acids is 2. The van der Waals surface area contributed by atoms with E-state index < -0.39 is 16.9 Å². The van der Waals surface area contributed by atoms with Crippen LogP contribution in [0.5, 0.6) is 11.5 Å². The van der Waals surface area contributed by atoms with Gasteiger partial charge in [0.15, 0.2) is 17.2 Å². The van der Waals surface area contributed by atoms with Crippen LogP contribution < -0.4 is 9.47 Å². The number of nitrogens with zero attached hydrogens (tertiary/aromatic N) is 2. The Labute approximate surface area is 235 Å². The standard InChI is InChI=1S/C27H16Cl2N2O7S/c1-2-36-21-12-14(3-10-20(21)37-26(32)15-4-6-16(28)7-5-15)11-19-27(33)38-25(30-19)24-23(29)18-9-8-17(31(34)35)13-22(18)39-24/h3-13H,2H2,1H3/b19-11+. The summed E-state index contributed by atoms with van der Waals surface area (Å²) in [6.07, 6.45) is 1.49. The highest BCUT2D eigenvalue weighted by Crippen LogP contribution is 2.39. The van der Waals surface area contributed by atoms with Gasteiger partial charge in [0.05, 0.1) is 22.1 Å². The molecule has 9 nitrogen and oxygen atoms in total. The first-order chi connectivity index (χ1) is 18.7. The molecule has 12 heteroatoms. The largest absolute Gasteiger partial charge is 0.490 e. The molecule has 4 aromatic rings. The van der Waals surface area contributed by atoms with E-state index in [1.165, 1.54) is 18.2 Å². The number of aliphatic imine (C=N–C) groups is 1. The zero-order valence-electron chi connectivity index (χ0n) is 20.0. The predicted molar refractivity (Wildman–Crippen MR) is 148 cm³/mol. The van der Waals surface area contributed by atoms with Gasteiger partial charge in [-0.25, -0.2) is 14.6 Å². The van der Waals surface area contributed by atoms with Gasteiger partial charge in [0.1, 0.15) is 4.88 Å². The van der Waals surface area contributed by atoms with Crippen LogP contribution in [0.15, 0.2) is 71.4 Å². The van der Waals surface area contributed by atoms with Crippen molar-refractivity contribution in [3.8, 4) is 11.5 Å². The van der Waals surface area contributed by atoms with E-state index in [9.17, 15) is 19.7 Å². The highest BCUT2D eigenvalue weighted by Gasteiger charge is 2.28. The van der Waals surface area contributed by atoms with E-state index in [-0.39, 0.29) is 28.1 Å². The van der Waals surface area contributed by atoms with Gasteiger partial charge in [0, 0.05) is 27.2 Å². The number of hydrogen-bond donors (Lipinski definition) is 0. The molecule has 0 saturated carbocycles. The summed E-state index contributed by atoms with van der Waals surface area (Å²) >= 11 is 13.5. The lowest BCUT2D eigenvalue weighted by atomic mass is 10.1. The number of cyclic esters (lactones) is 1. The zero-order chi connectivity index (χ0) is 27.7. The fourth-order valence-electron chi connectivity index (χ4n) is 3.68. The van der Waals surface area contributed by atoms with Gasteiger partial charge >= 0.3 is 11.9 Å². The Morgan fingerprint density at radius 2 is 1.87 bits per heavy atom. The van der Waals surface area contributed by atoms with Crippen LogP contribution in [-0.2, 0) is 9.53 Å². The lowest BCUT2D eigenvalue weighted by molar-refractivity contribution is -0.384. The highest BCUT2D eigenvalue weighted by molar-refractivity contribution is 7.21. The van der Waals surface area contributed by atoms with Gasteiger partial charge in [-0.1, -0.05) is 29.3 Å². The van der Waals surface area contributed by atoms with E-state index >= 15 is 0 Å². The molecule has 0 atom stereocenters. The number of benzene rings is 3. The maximum absolute atomic E-state index is 12.6. The second kappa shape index (κ2) is 10.9. The molecule has 1 aliphatic rings. The van der Waals surface area contributed by atoms with Crippen molar-refractivity contribution in [2.24, 2.45) is 4.99 Å². The maximum atomic E-state index is 12.6. The van der Waals surface area contributed by atoms with Crippen LogP contribution in [0.2, 0.25) is 10.0 Å². The van der Waals surface area contributed by atoms with Gasteiger partial charge in [-0.15, -0.1) is 11.3 Å². The molecule has 2 heterocycles. The van der Waals surface area contributed by atoms with Crippen molar-refractivity contribution in [3.63, 3.8) is 0 Å². The van der Waals surface area contributed by atoms with Crippen molar-refractivity contribution in [1.82, 2.24) is 0 Å². The quantitative estimate of drug-likeness (QED) is 0.0750. The van der Waals surface area contributed by atoms with Gasteiger partial charge in [-0.3, -0.25) is 10.1 Å². The molecule has 39 heavy (non-hydrogen) atoms. The Balaban J connectivity index is 1.43. The molecule has 3 aromatic carbocycles. The number of halogens is 2. The minimum absolute atomic E-state index is 0.00125. The molecule has 0 spiro atoms. The van der Waals surface area contributed by atoms with Crippen molar-refractivity contribution in [2.75, 3.05) is 6.61 Å². The second-order valence-electron chi connectivity index (χ2n) is 8.05. The maximum Gasteiger partial charge on any atom is 0.363 e. The van der Waals surface area contributed by atoms with Crippen molar-refractivity contribution in [1.29, 1.82) is 0 Å². The summed E-state index contributed by atoms with van der Waals surface area (Å²) in [5, 5.41) is 12.5. The summed E-state index contributed by atoms with van der Waals surface area (Å²) in [5.74, 6) is -0.792. The molecule has 0 fully saturated rings. The number of thiophene rings is 1. The summed E-state index contributed by atoms with van der Waals surface area (Å²) in [6.45, 7) is 2.09. The predicted octanol–water partition coefficient (Wildman–Crippen LogP) is 7.08. The third-order valence-electron chi connectivity index (χ3n) is 5.49. The summed E-state index contributed by atoms with van der Waals surface area (Å²) in [7, 11) is 0. The van der Waals surface area contributed by atoms with E-state index in [0.29, 0.717) is 43.5 Å². The Morgan fingerprint density at radius 1 is 1.10 bits per heavy atom. The van der Waals surface area contributed by atoms with Crippen LogP contribution in [0.1, 0.15) is 27.7 Å². The molecule has 1 aromatic heterocycles. The Kier molecular flexibility index (Phi) is 7.34. The highest BCUT2D eigenvalue weighted by atomic mass is 35.5. The van der Waals surface area contributed by atoms with Crippen molar-refractivity contribution in [3.05, 3.63) is 103 Å². The molecule has 196 valence electrons. The number of nitro groups is 1. The number of nitro benzene ring substituents is 1. The number of carbonyl (C=O) groups is 2. The average molecular weight is 583 g/mol. The average Bonchev–Trinajstić information content (AvgIpc) is 3.44. The SMILES string of the molecule is CCOc1cc(/C=C2/N=C(c3sc4cc([N+](=O)[O-])ccc4c3Cl)OC2=O)ccc1OC(=O)c1ccc(Cl)cc1. The Hall–Kier alpha value is -4.25. The first-order valence-corrected chi connectivity index (χ1v) is 12.9. The number of fused-ring (bicyclic) bond motifs is 1. The zero-order valence-corrected chi connectivity index (χ0v) is 22.3. The lowest BCUT2D eigenvalue weighted by Crippen LogP contribution is -2.09. The number of rotatable bonds is 7. The molecule has 0 unspecified atom stereocenters. The smallest absolute Gasteiger partial charge is 0.363 e. The van der Waals surface area contributed by atoms with Crippen LogP contribution in [-0.4, -0.2) is 29.4 Å². The third-order valence-corrected chi connectivity index (χ3v) is 7.39. The van der Waals surface area contributed by atoms with E-state index in [4.69, 9.17) is 37.4 Å². The summed E-state index contributed by atoms with van der Waals surface area (Å²) < 4.78 is 17.1. The molecule has 0 bridgehead atoms. The van der Waals surface area contributed by atoms with Gasteiger partial charge in [0.25, 0.3) is 5.69 Å². The molecule has 5 rings (SSSR count). The molecule has 0 radical (unpaired) electrons. The number of ether oxygens (including phenoxy) is 3. The number of non-ortho nitro benzene ring substituents is 1. The molecule has 1 aliphatic heterocycles. The Bertz CT molecular complexity index is 1710. The van der Waals surface area contributed by atoms with E-state index in [1.54, 1.807) is 55.5 Å². The van der Waals surface area contributed by atoms with Crippen molar-refractivity contribution in [2.45, 2.75) is 6.92 Å². The van der Waals surface area contributed by atoms with Crippen LogP contribution in [0.25, 0.3) is 16.2 Å². The third kappa shape index (κ3) is 5.49. The molecular formula is C27H16Cl2N2O7S. The number of hydrogen-bond acceptors (Lipinski definition) is 9. The van der Waals surface area contributed by atoms with E-state index in [0.717, 1.165) is 11.3 Å². The molecule has 0 N–H and O–H groups in total. The van der Waals surface area contributed by atoms with Gasteiger partial charge in [-0.2, -0.15) is 0 Å². The second-order valence-corrected chi connectivity index (χ2v) is 9.92. The van der Waals surface area contributed by atoms with Crippen molar-refractivity contribution < 1.29 is 28.7 Å². The first-order valence-electron chi connectivity index (χ1n) is 11.4. The first kappa shape index (κ1) is 26.4. The van der Waals surface area contributed by atoms with Crippen LogP contribution in [0, 0.1) is 10.1 Å². The molecule has 0 aliphatic carbocycles. The summed E-state index contributed by atoms with van der Waals surface area (Å²) in [5.41, 5.74) is 0.793. The molecular weight excluding hydrogens is 567 g/mol. The van der Waals surface area contributed by atoms with Crippen LogP contribution >= 0.6 is 34.5 Å². The van der Waals surface area contributed by atoms with Gasteiger partial charge in [-0.05, 0) is 61.0 Å². The topological polar surface area (TPSA) is 117 Å². The van der Waals surface area contributed by atoms with Crippen LogP contribution in [0.3, 0.4) is 0 Å². The number of esters is 2. The minimum Gasteiger partial charge on any atom is -0.490 e. The molecule has 0 amide bonds. The lowest BCUT2D eigenvalue weighted by Gasteiger charge is -2.11. The minimum atomic E-state index is -0.694. The van der Waals surface area contributed by atoms with Gasteiger partial charge < -0.3 is 14.2 Å². The normalized spacial score (nSPS) is 13.9. The van der Waals surface area contributed by atoms with E-state index in [2.05, 4.69) is 4.99 Å². The van der Waals surface area contributed by atoms with E-state index in [1.807, 2.05) is 0 Å². The Morgan fingerprint density at radius 3 is 2.59 bits per heavy atom. The fraction of sp³-hybridized carbons (Fsp3) is 0.0741. The molecule has 0 saturated heterocycles. The fourth-order valence-corrected chi connectivity index (χ4v) is 5.28. The summed E-state index contributed by atoms with van der Waals surface area (Å²) in [4.78, 5) is 40.4. The summed E-state index contributed by atoms with van der Waals surface area (Å²) in [6, 6.07) is 15.4. The van der Waals surface area contributed by atoms with Crippen molar-refractivity contribution >= 4 is 74.2 Å². The monoisotopic (exact) mass is 582 g/mol. The van der Waals surface area contributed by atoms with Gasteiger partial charge in [0.2, 0.25) is 5.90 Å². The van der Waals surface area contributed by atoms with Crippen LogP contribution in [0.4, 0.5) is 5.69 Å².